The van der Waals surface area contributed by atoms with E-state index in [4.69, 9.17) is 0 Å². The van der Waals surface area contributed by atoms with Crippen LogP contribution in [0.25, 0.3) is 0 Å². The van der Waals surface area contributed by atoms with Crippen LogP contribution in [0, 0.1) is 0 Å². The van der Waals surface area contributed by atoms with E-state index in [2.05, 4.69) is 20.2 Å². The van der Waals surface area contributed by atoms with Gasteiger partial charge < -0.3 is 10.2 Å². The number of aromatic nitrogens is 2. The number of hydrogen-bond acceptors (Lipinski definition) is 4. The van der Waals surface area contributed by atoms with Crippen LogP contribution in [-0.2, 0) is 16.6 Å². The van der Waals surface area contributed by atoms with Gasteiger partial charge in [0.2, 0.25) is 10.0 Å². The number of carbonyl (C=O) groups is 1. The number of amides is 2. The van der Waals surface area contributed by atoms with Gasteiger partial charge in [0.1, 0.15) is 0 Å². The van der Waals surface area contributed by atoms with Gasteiger partial charge in [-0.3, -0.25) is 5.10 Å². The molecule has 0 aliphatic carbocycles. The molecule has 1 fully saturated rings. The first-order valence-electron chi connectivity index (χ1n) is 6.93. The molecule has 8 nitrogen and oxygen atoms in total. The molecule has 3 N–H and O–H groups in total. The van der Waals surface area contributed by atoms with Crippen molar-refractivity contribution in [3.05, 3.63) is 18.0 Å². The maximum absolute atomic E-state index is 12.2. The summed E-state index contributed by atoms with van der Waals surface area (Å²) in [5.41, 5.74) is 0.825. The van der Waals surface area contributed by atoms with E-state index < -0.39 is 10.0 Å². The van der Waals surface area contributed by atoms with Crippen LogP contribution in [0.15, 0.2) is 12.3 Å². The minimum atomic E-state index is -3.24. The number of nitrogens with one attached hydrogen (secondary N) is 3. The van der Waals surface area contributed by atoms with Gasteiger partial charge in [-0.2, -0.15) is 5.10 Å². The van der Waals surface area contributed by atoms with Crippen LogP contribution in [0.3, 0.4) is 0 Å². The molecule has 1 aromatic heterocycles. The third kappa shape index (κ3) is 5.01. The summed E-state index contributed by atoms with van der Waals surface area (Å²) in [7, 11) is -3.24. The van der Waals surface area contributed by atoms with Gasteiger partial charge in [-0.1, -0.05) is 0 Å². The molecule has 9 heteroatoms. The Balaban J connectivity index is 1.89. The van der Waals surface area contributed by atoms with E-state index in [0.29, 0.717) is 13.1 Å². The van der Waals surface area contributed by atoms with Gasteiger partial charge in [-0.25, -0.2) is 17.9 Å². The highest BCUT2D eigenvalue weighted by molar-refractivity contribution is 7.88. The molecular formula is C12H21N5O3S. The van der Waals surface area contributed by atoms with E-state index in [9.17, 15) is 13.2 Å². The maximum atomic E-state index is 12.2. The molecule has 1 saturated heterocycles. The number of carbonyl (C=O) groups excluding carboxylic acids is 1. The normalized spacial score (nSPS) is 19.5. The highest BCUT2D eigenvalue weighted by Crippen LogP contribution is 2.16. The molecule has 0 bridgehead atoms. The predicted octanol–water partition coefficient (Wildman–Crippen LogP) is 0.0230. The minimum absolute atomic E-state index is 0.102. The fourth-order valence-electron chi connectivity index (χ4n) is 2.38. The molecule has 1 aliphatic rings. The molecule has 1 aliphatic heterocycles. The maximum Gasteiger partial charge on any atom is 0.318 e. The van der Waals surface area contributed by atoms with Gasteiger partial charge >= 0.3 is 6.03 Å². The second kappa shape index (κ2) is 6.90. The summed E-state index contributed by atoms with van der Waals surface area (Å²) in [6.07, 6.45) is 5.49. The number of nitrogens with zero attached hydrogens (tertiary/aromatic N) is 2. The summed E-state index contributed by atoms with van der Waals surface area (Å²) in [4.78, 5) is 13.9. The summed E-state index contributed by atoms with van der Waals surface area (Å²) in [6, 6.07) is 1.51. The lowest BCUT2D eigenvalue weighted by atomic mass is 10.0. The fraction of sp³-hybridized carbons (Fsp3) is 0.667. The van der Waals surface area contributed by atoms with E-state index >= 15 is 0 Å². The van der Waals surface area contributed by atoms with E-state index in [0.717, 1.165) is 31.2 Å². The predicted molar refractivity (Wildman–Crippen MR) is 78.0 cm³/mol. The molecule has 0 saturated carbocycles. The van der Waals surface area contributed by atoms with Crippen LogP contribution >= 0.6 is 0 Å². The van der Waals surface area contributed by atoms with Gasteiger partial charge in [0.15, 0.2) is 0 Å². The zero-order valence-electron chi connectivity index (χ0n) is 12.0. The molecule has 2 rings (SSSR count). The second-order valence-electron chi connectivity index (χ2n) is 5.20. The standard InChI is InChI=1S/C12H21N5O3S/c1-21(19,20)15-9-11-4-2-3-7-17(11)12(18)13-8-10-5-6-14-16-10/h5-6,11,15H,2-4,7-9H2,1H3,(H,13,18)(H,14,16)/t11-/m0/s1. The summed E-state index contributed by atoms with van der Waals surface area (Å²) >= 11 is 0. The highest BCUT2D eigenvalue weighted by atomic mass is 32.2. The van der Waals surface area contributed by atoms with Crippen molar-refractivity contribution in [1.82, 2.24) is 25.1 Å². The number of rotatable bonds is 5. The van der Waals surface area contributed by atoms with Crippen molar-refractivity contribution in [3.63, 3.8) is 0 Å². The molecule has 0 aromatic carbocycles. The number of hydrogen-bond donors (Lipinski definition) is 3. The summed E-state index contributed by atoms with van der Waals surface area (Å²) in [5.74, 6) is 0. The average Bonchev–Trinajstić information content (AvgIpc) is 2.95. The highest BCUT2D eigenvalue weighted by Gasteiger charge is 2.27. The van der Waals surface area contributed by atoms with Gasteiger partial charge in [0.05, 0.1) is 18.5 Å². The summed E-state index contributed by atoms with van der Waals surface area (Å²) < 4.78 is 24.9. The molecule has 0 spiro atoms. The molecular weight excluding hydrogens is 294 g/mol. The number of H-pyrrole nitrogens is 1. The second-order valence-corrected chi connectivity index (χ2v) is 7.04. The smallest absolute Gasteiger partial charge is 0.318 e. The van der Waals surface area contributed by atoms with Crippen molar-refractivity contribution in [2.24, 2.45) is 0 Å². The molecule has 0 unspecified atom stereocenters. The zero-order valence-corrected chi connectivity index (χ0v) is 12.8. The first-order valence-corrected chi connectivity index (χ1v) is 8.82. The van der Waals surface area contributed by atoms with Crippen molar-refractivity contribution in [2.45, 2.75) is 31.8 Å². The van der Waals surface area contributed by atoms with E-state index in [1.54, 1.807) is 17.2 Å². The molecule has 1 aromatic rings. The van der Waals surface area contributed by atoms with Gasteiger partial charge in [-0.15, -0.1) is 0 Å². The van der Waals surface area contributed by atoms with Gasteiger partial charge in [0.25, 0.3) is 0 Å². The van der Waals surface area contributed by atoms with Crippen LogP contribution in [-0.4, -0.2) is 54.9 Å². The molecule has 21 heavy (non-hydrogen) atoms. The summed E-state index contributed by atoms with van der Waals surface area (Å²) in [6.45, 7) is 1.28. The minimum Gasteiger partial charge on any atom is -0.332 e. The average molecular weight is 315 g/mol. The largest absolute Gasteiger partial charge is 0.332 e. The van der Waals surface area contributed by atoms with Crippen molar-refractivity contribution in [2.75, 3.05) is 19.3 Å². The molecule has 118 valence electrons. The van der Waals surface area contributed by atoms with Gasteiger partial charge in [-0.05, 0) is 25.3 Å². The van der Waals surface area contributed by atoms with Crippen LogP contribution in [0.1, 0.15) is 25.0 Å². The van der Waals surface area contributed by atoms with E-state index in [1.165, 1.54) is 0 Å². The number of sulfonamides is 1. The Morgan fingerprint density at radius 3 is 3.00 bits per heavy atom. The number of aromatic amines is 1. The molecule has 1 atom stereocenters. The first kappa shape index (κ1) is 15.8. The van der Waals surface area contributed by atoms with Crippen LogP contribution in [0.4, 0.5) is 4.79 Å². The van der Waals surface area contributed by atoms with E-state index in [-0.39, 0.29) is 18.6 Å². The monoisotopic (exact) mass is 315 g/mol. The third-order valence-electron chi connectivity index (χ3n) is 3.46. The van der Waals surface area contributed by atoms with E-state index in [1.807, 2.05) is 0 Å². The SMILES string of the molecule is CS(=O)(=O)NC[C@@H]1CCCCN1C(=O)NCc1ccn[nH]1. The number of urea groups is 1. The Hall–Kier alpha value is -1.61. The van der Waals surface area contributed by atoms with Gasteiger partial charge in [0, 0.05) is 25.3 Å². The Bertz CT molecular complexity index is 557. The van der Waals surface area contributed by atoms with Crippen molar-refractivity contribution >= 4 is 16.1 Å². The summed E-state index contributed by atoms with van der Waals surface area (Å²) in [5, 5.41) is 9.41. The van der Waals surface area contributed by atoms with Crippen molar-refractivity contribution in [1.29, 1.82) is 0 Å². The Labute approximate surface area is 124 Å². The quantitative estimate of drug-likeness (QED) is 0.712. The lowest BCUT2D eigenvalue weighted by molar-refractivity contribution is 0.151. The topological polar surface area (TPSA) is 107 Å². The van der Waals surface area contributed by atoms with Crippen LogP contribution in [0.2, 0.25) is 0 Å². The Kier molecular flexibility index (Phi) is 5.18. The first-order chi connectivity index (χ1) is 9.96. The van der Waals surface area contributed by atoms with Crippen molar-refractivity contribution < 1.29 is 13.2 Å². The fourth-order valence-corrected chi connectivity index (χ4v) is 2.88. The number of likely N-dealkylation sites (tertiary alicyclic amines) is 1. The van der Waals surface area contributed by atoms with Crippen LogP contribution < -0.4 is 10.0 Å². The Morgan fingerprint density at radius 1 is 1.52 bits per heavy atom. The Morgan fingerprint density at radius 2 is 2.33 bits per heavy atom. The van der Waals surface area contributed by atoms with Crippen molar-refractivity contribution in [3.8, 4) is 0 Å². The molecule has 2 amide bonds. The zero-order chi connectivity index (χ0) is 15.3. The third-order valence-corrected chi connectivity index (χ3v) is 4.15. The lowest BCUT2D eigenvalue weighted by Gasteiger charge is -2.35. The van der Waals surface area contributed by atoms with Crippen LogP contribution in [0.5, 0.6) is 0 Å². The molecule has 2 heterocycles. The lowest BCUT2D eigenvalue weighted by Crippen LogP contribution is -2.52. The number of piperidine rings is 1. The molecule has 0 radical (unpaired) electrons.